The number of nitrogens with two attached hydrogens (primary N) is 2. The Labute approximate surface area is 71.5 Å². The van der Waals surface area contributed by atoms with Gasteiger partial charge in [0.05, 0.1) is 0 Å². The number of hydrogen-bond acceptors (Lipinski definition) is 3. The highest BCUT2D eigenvalue weighted by atomic mass is 16.2. The summed E-state index contributed by atoms with van der Waals surface area (Å²) >= 11 is 0. The lowest BCUT2D eigenvalue weighted by Gasteiger charge is -2.08. The first-order chi connectivity index (χ1) is 5.57. The molecule has 0 heterocycles. The fraction of sp³-hybridized carbons (Fsp3) is 0.714. The van der Waals surface area contributed by atoms with E-state index in [9.17, 15) is 9.59 Å². The second-order valence-corrected chi connectivity index (χ2v) is 2.64. The van der Waals surface area contributed by atoms with Gasteiger partial charge in [-0.15, -0.1) is 0 Å². The fourth-order valence-electron chi connectivity index (χ4n) is 0.590. The molecule has 0 bridgehead atoms. The summed E-state index contributed by atoms with van der Waals surface area (Å²) in [6.45, 7) is 2.32. The van der Waals surface area contributed by atoms with Crippen molar-refractivity contribution in [3.8, 4) is 0 Å². The smallest absolute Gasteiger partial charge is 0.224 e. The van der Waals surface area contributed by atoms with Gasteiger partial charge >= 0.3 is 0 Å². The van der Waals surface area contributed by atoms with E-state index in [0.29, 0.717) is 13.1 Å². The molecular weight excluding hydrogens is 158 g/mol. The van der Waals surface area contributed by atoms with Crippen molar-refractivity contribution in [2.75, 3.05) is 13.1 Å². The van der Waals surface area contributed by atoms with Gasteiger partial charge in [-0.05, 0) is 0 Å². The van der Waals surface area contributed by atoms with Crippen LogP contribution < -0.4 is 16.8 Å². The van der Waals surface area contributed by atoms with Crippen LogP contribution in [0.25, 0.3) is 0 Å². The molecule has 5 heteroatoms. The highest BCUT2D eigenvalue weighted by Crippen LogP contribution is 1.89. The third kappa shape index (κ3) is 4.68. The van der Waals surface area contributed by atoms with E-state index in [1.807, 2.05) is 0 Å². The lowest BCUT2D eigenvalue weighted by molar-refractivity contribution is -0.124. The molecule has 0 aromatic heterocycles. The Hall–Kier alpha value is -1.10. The van der Waals surface area contributed by atoms with Crippen molar-refractivity contribution in [2.24, 2.45) is 17.4 Å². The molecule has 0 aliphatic carbocycles. The lowest BCUT2D eigenvalue weighted by atomic mass is 10.2. The van der Waals surface area contributed by atoms with Gasteiger partial charge in [0.1, 0.15) is 0 Å². The van der Waals surface area contributed by atoms with Gasteiger partial charge in [-0.1, -0.05) is 6.92 Å². The SMILES string of the molecule is CC(CN)C(=O)NCCC(N)=O. The second kappa shape index (κ2) is 5.54. The molecule has 12 heavy (non-hydrogen) atoms. The van der Waals surface area contributed by atoms with Gasteiger partial charge < -0.3 is 16.8 Å². The van der Waals surface area contributed by atoms with Crippen molar-refractivity contribution in [2.45, 2.75) is 13.3 Å². The maximum absolute atomic E-state index is 11.0. The van der Waals surface area contributed by atoms with Crippen LogP contribution >= 0.6 is 0 Å². The summed E-state index contributed by atoms with van der Waals surface area (Å²) in [7, 11) is 0. The predicted octanol–water partition coefficient (Wildman–Crippen LogP) is -1.43. The molecule has 0 saturated carbocycles. The van der Waals surface area contributed by atoms with Crippen LogP contribution in [0.15, 0.2) is 0 Å². The zero-order valence-electron chi connectivity index (χ0n) is 7.17. The molecular formula is C7H15N3O2. The van der Waals surface area contributed by atoms with E-state index in [1.165, 1.54) is 0 Å². The Kier molecular flexibility index (Phi) is 5.03. The maximum Gasteiger partial charge on any atom is 0.224 e. The summed E-state index contributed by atoms with van der Waals surface area (Å²) in [6, 6.07) is 0. The molecule has 0 aliphatic rings. The summed E-state index contributed by atoms with van der Waals surface area (Å²) < 4.78 is 0. The number of carbonyl (C=O) groups is 2. The third-order valence-electron chi connectivity index (χ3n) is 1.47. The van der Waals surface area contributed by atoms with E-state index in [0.717, 1.165) is 0 Å². The number of amides is 2. The average molecular weight is 173 g/mol. The van der Waals surface area contributed by atoms with E-state index in [2.05, 4.69) is 5.32 Å². The van der Waals surface area contributed by atoms with Gasteiger partial charge in [0, 0.05) is 25.4 Å². The molecule has 70 valence electrons. The van der Waals surface area contributed by atoms with Gasteiger partial charge in [-0.25, -0.2) is 0 Å². The molecule has 2 amide bonds. The average Bonchev–Trinajstić information content (AvgIpc) is 2.02. The van der Waals surface area contributed by atoms with Crippen molar-refractivity contribution in [1.82, 2.24) is 5.32 Å². The van der Waals surface area contributed by atoms with Crippen LogP contribution in [0.4, 0.5) is 0 Å². The van der Waals surface area contributed by atoms with Crippen molar-refractivity contribution >= 4 is 11.8 Å². The lowest BCUT2D eigenvalue weighted by Crippen LogP contribution is -2.35. The first kappa shape index (κ1) is 10.9. The molecule has 5 N–H and O–H groups in total. The monoisotopic (exact) mass is 173 g/mol. The molecule has 0 saturated heterocycles. The largest absolute Gasteiger partial charge is 0.370 e. The van der Waals surface area contributed by atoms with E-state index < -0.39 is 5.91 Å². The quantitative estimate of drug-likeness (QED) is 0.475. The molecule has 0 fully saturated rings. The molecule has 0 spiro atoms. The van der Waals surface area contributed by atoms with Crippen LogP contribution in [-0.2, 0) is 9.59 Å². The van der Waals surface area contributed by atoms with E-state index in [1.54, 1.807) is 6.92 Å². The van der Waals surface area contributed by atoms with E-state index in [-0.39, 0.29) is 18.2 Å². The molecule has 0 aromatic carbocycles. The number of carbonyl (C=O) groups excluding carboxylic acids is 2. The minimum absolute atomic E-state index is 0.140. The topological polar surface area (TPSA) is 98.2 Å². The Bertz CT molecular complexity index is 170. The van der Waals surface area contributed by atoms with Gasteiger partial charge in [0.2, 0.25) is 11.8 Å². The molecule has 0 aliphatic heterocycles. The summed E-state index contributed by atoms with van der Waals surface area (Å²) in [5.74, 6) is -0.771. The Morgan fingerprint density at radius 3 is 2.50 bits per heavy atom. The standard InChI is InChI=1S/C7H15N3O2/c1-5(4-8)7(12)10-3-2-6(9)11/h5H,2-4,8H2,1H3,(H2,9,11)(H,10,12). The number of nitrogens with one attached hydrogen (secondary N) is 1. The number of hydrogen-bond donors (Lipinski definition) is 3. The van der Waals surface area contributed by atoms with E-state index in [4.69, 9.17) is 11.5 Å². The number of primary amides is 1. The zero-order chi connectivity index (χ0) is 9.56. The summed E-state index contributed by atoms with van der Waals surface area (Å²) in [6.07, 6.45) is 0.170. The van der Waals surface area contributed by atoms with Crippen LogP contribution in [0.1, 0.15) is 13.3 Å². The van der Waals surface area contributed by atoms with Gasteiger partial charge in [0.25, 0.3) is 0 Å². The Morgan fingerprint density at radius 1 is 1.50 bits per heavy atom. The van der Waals surface area contributed by atoms with Crippen molar-refractivity contribution < 1.29 is 9.59 Å². The zero-order valence-corrected chi connectivity index (χ0v) is 7.17. The van der Waals surface area contributed by atoms with E-state index >= 15 is 0 Å². The highest BCUT2D eigenvalue weighted by molar-refractivity contribution is 5.79. The summed E-state index contributed by atoms with van der Waals surface area (Å²) in [5.41, 5.74) is 10.1. The first-order valence-electron chi connectivity index (χ1n) is 3.84. The molecule has 0 radical (unpaired) electrons. The predicted molar refractivity (Wildman–Crippen MR) is 45.0 cm³/mol. The molecule has 1 unspecified atom stereocenters. The van der Waals surface area contributed by atoms with Gasteiger partial charge in [-0.3, -0.25) is 9.59 Å². The Balaban J connectivity index is 3.50. The van der Waals surface area contributed by atoms with Crippen molar-refractivity contribution in [3.05, 3.63) is 0 Å². The molecule has 5 nitrogen and oxygen atoms in total. The minimum Gasteiger partial charge on any atom is -0.370 e. The van der Waals surface area contributed by atoms with Crippen LogP contribution in [0, 0.1) is 5.92 Å². The maximum atomic E-state index is 11.0. The van der Waals surface area contributed by atoms with Crippen LogP contribution in [0.5, 0.6) is 0 Å². The summed E-state index contributed by atoms with van der Waals surface area (Å²) in [4.78, 5) is 21.3. The number of rotatable bonds is 5. The minimum atomic E-state index is -0.421. The summed E-state index contributed by atoms with van der Waals surface area (Å²) in [5, 5.41) is 2.54. The Morgan fingerprint density at radius 2 is 2.08 bits per heavy atom. The fourth-order valence-corrected chi connectivity index (χ4v) is 0.590. The van der Waals surface area contributed by atoms with Crippen molar-refractivity contribution in [1.29, 1.82) is 0 Å². The van der Waals surface area contributed by atoms with Crippen LogP contribution in [0.3, 0.4) is 0 Å². The normalized spacial score (nSPS) is 12.2. The highest BCUT2D eigenvalue weighted by Gasteiger charge is 2.09. The van der Waals surface area contributed by atoms with Crippen molar-refractivity contribution in [3.63, 3.8) is 0 Å². The first-order valence-corrected chi connectivity index (χ1v) is 3.84. The second-order valence-electron chi connectivity index (χ2n) is 2.64. The van der Waals surface area contributed by atoms with Crippen LogP contribution in [-0.4, -0.2) is 24.9 Å². The molecule has 1 atom stereocenters. The van der Waals surface area contributed by atoms with Gasteiger partial charge in [0.15, 0.2) is 0 Å². The molecule has 0 rings (SSSR count). The third-order valence-corrected chi connectivity index (χ3v) is 1.47. The van der Waals surface area contributed by atoms with Crippen LogP contribution in [0.2, 0.25) is 0 Å². The van der Waals surface area contributed by atoms with Gasteiger partial charge in [-0.2, -0.15) is 0 Å². The molecule has 0 aromatic rings.